The number of carbonyl (C=O) groups is 1. The number of aryl methyl sites for hydroxylation is 1. The van der Waals surface area contributed by atoms with Gasteiger partial charge in [0.2, 0.25) is 0 Å². The summed E-state index contributed by atoms with van der Waals surface area (Å²) in [5.41, 5.74) is 3.77. The molecule has 0 aliphatic carbocycles. The summed E-state index contributed by atoms with van der Waals surface area (Å²) in [6.45, 7) is 1.98. The van der Waals surface area contributed by atoms with E-state index in [1.807, 2.05) is 55.5 Å². The second kappa shape index (κ2) is 7.24. The van der Waals surface area contributed by atoms with Crippen LogP contribution >= 0.6 is 15.9 Å². The molecule has 1 aliphatic heterocycles. The van der Waals surface area contributed by atoms with Crippen LogP contribution in [0.15, 0.2) is 83.0 Å². The Morgan fingerprint density at radius 2 is 1.54 bits per heavy atom. The van der Waals surface area contributed by atoms with E-state index in [4.69, 9.17) is 0 Å². The van der Waals surface area contributed by atoms with Crippen molar-refractivity contribution in [2.75, 3.05) is 4.90 Å². The first-order chi connectivity index (χ1) is 13.5. The van der Waals surface area contributed by atoms with Crippen LogP contribution < -0.4 is 4.90 Å². The van der Waals surface area contributed by atoms with Gasteiger partial charge in [0.15, 0.2) is 5.76 Å². The Morgan fingerprint density at radius 3 is 2.14 bits per heavy atom. The van der Waals surface area contributed by atoms with E-state index in [2.05, 4.69) is 15.9 Å². The predicted octanol–water partition coefficient (Wildman–Crippen LogP) is 5.95. The van der Waals surface area contributed by atoms with E-state index in [-0.39, 0.29) is 11.6 Å². The third kappa shape index (κ3) is 3.22. The summed E-state index contributed by atoms with van der Waals surface area (Å²) in [5.74, 6) is -1.18. The monoisotopic (exact) mass is 437 g/mol. The van der Waals surface area contributed by atoms with Crippen LogP contribution in [0.2, 0.25) is 0 Å². The van der Waals surface area contributed by atoms with E-state index in [0.29, 0.717) is 11.3 Å². The lowest BCUT2D eigenvalue weighted by Gasteiger charge is -2.27. The van der Waals surface area contributed by atoms with Gasteiger partial charge in [-0.3, -0.25) is 9.69 Å². The van der Waals surface area contributed by atoms with Crippen LogP contribution in [-0.2, 0) is 4.79 Å². The molecule has 0 spiro atoms. The zero-order chi connectivity index (χ0) is 19.8. The van der Waals surface area contributed by atoms with Crippen molar-refractivity contribution in [3.05, 3.63) is 106 Å². The Kier molecular flexibility index (Phi) is 4.77. The fourth-order valence-electron chi connectivity index (χ4n) is 3.46. The largest absolute Gasteiger partial charge is 0.503 e. The normalized spacial score (nSPS) is 16.8. The Hall–Kier alpha value is -2.92. The highest BCUT2D eigenvalue weighted by atomic mass is 79.9. The maximum atomic E-state index is 13.4. The fraction of sp³-hybridized carbons (Fsp3) is 0.0870. The quantitative estimate of drug-likeness (QED) is 0.549. The van der Waals surface area contributed by atoms with Gasteiger partial charge in [-0.1, -0.05) is 57.9 Å². The first-order valence-electron chi connectivity index (χ1n) is 8.80. The van der Waals surface area contributed by atoms with E-state index in [0.717, 1.165) is 21.2 Å². The Bertz CT molecular complexity index is 1060. The number of halogens is 2. The molecule has 1 atom stereocenters. The summed E-state index contributed by atoms with van der Waals surface area (Å²) in [6.07, 6.45) is 0. The van der Waals surface area contributed by atoms with Gasteiger partial charge in [0.05, 0.1) is 6.04 Å². The first-order valence-corrected chi connectivity index (χ1v) is 9.60. The zero-order valence-corrected chi connectivity index (χ0v) is 16.7. The smallest absolute Gasteiger partial charge is 0.294 e. The maximum absolute atomic E-state index is 13.4. The molecule has 1 N–H and O–H groups in total. The number of rotatable bonds is 3. The van der Waals surface area contributed by atoms with Gasteiger partial charge in [0, 0.05) is 15.7 Å². The zero-order valence-electron chi connectivity index (χ0n) is 15.1. The lowest BCUT2D eigenvalue weighted by molar-refractivity contribution is -0.117. The third-order valence-corrected chi connectivity index (χ3v) is 5.39. The molecule has 0 unspecified atom stereocenters. The second-order valence-corrected chi connectivity index (χ2v) is 7.65. The predicted molar refractivity (Wildman–Crippen MR) is 111 cm³/mol. The van der Waals surface area contributed by atoms with Crippen molar-refractivity contribution >= 4 is 33.1 Å². The van der Waals surface area contributed by atoms with Gasteiger partial charge in [-0.15, -0.1) is 0 Å². The minimum Gasteiger partial charge on any atom is -0.503 e. The van der Waals surface area contributed by atoms with Gasteiger partial charge in [-0.05, 0) is 54.4 Å². The van der Waals surface area contributed by atoms with Gasteiger partial charge in [0.1, 0.15) is 5.82 Å². The van der Waals surface area contributed by atoms with Crippen LogP contribution in [0.4, 0.5) is 10.1 Å². The summed E-state index contributed by atoms with van der Waals surface area (Å²) in [4.78, 5) is 14.5. The molecule has 3 aromatic rings. The number of anilines is 1. The minimum atomic E-state index is -0.520. The molecule has 0 radical (unpaired) electrons. The SMILES string of the molecule is Cc1ccc(C2=C(O)C(=O)N(c3ccc(F)cc3)[C@H]2c2ccc(Br)cc2)cc1. The lowest BCUT2D eigenvalue weighted by Crippen LogP contribution is -2.30. The minimum absolute atomic E-state index is 0.291. The van der Waals surface area contributed by atoms with E-state index in [1.165, 1.54) is 17.0 Å². The van der Waals surface area contributed by atoms with Crippen molar-refractivity contribution < 1.29 is 14.3 Å². The Balaban J connectivity index is 1.90. The number of amides is 1. The molecule has 0 aromatic heterocycles. The van der Waals surface area contributed by atoms with E-state index in [1.54, 1.807) is 12.1 Å². The highest BCUT2D eigenvalue weighted by molar-refractivity contribution is 9.10. The van der Waals surface area contributed by atoms with E-state index < -0.39 is 11.9 Å². The number of aliphatic hydroxyl groups excluding tert-OH is 1. The van der Waals surface area contributed by atoms with Crippen LogP contribution in [0.1, 0.15) is 22.7 Å². The van der Waals surface area contributed by atoms with Crippen LogP contribution in [-0.4, -0.2) is 11.0 Å². The van der Waals surface area contributed by atoms with Gasteiger partial charge < -0.3 is 5.11 Å². The summed E-state index contributed by atoms with van der Waals surface area (Å²) in [5, 5.41) is 10.8. The molecule has 4 rings (SSSR count). The number of hydrogen-bond donors (Lipinski definition) is 1. The molecule has 1 amide bonds. The van der Waals surface area contributed by atoms with Gasteiger partial charge >= 0.3 is 0 Å². The van der Waals surface area contributed by atoms with Gasteiger partial charge in [-0.2, -0.15) is 0 Å². The molecule has 3 nitrogen and oxygen atoms in total. The lowest BCUT2D eigenvalue weighted by atomic mass is 9.93. The number of benzene rings is 3. The van der Waals surface area contributed by atoms with Crippen LogP contribution in [0, 0.1) is 12.7 Å². The molecule has 0 saturated carbocycles. The van der Waals surface area contributed by atoms with Crippen molar-refractivity contribution in [3.8, 4) is 0 Å². The van der Waals surface area contributed by atoms with Crippen LogP contribution in [0.25, 0.3) is 5.57 Å². The van der Waals surface area contributed by atoms with Gasteiger partial charge in [0.25, 0.3) is 5.91 Å². The summed E-state index contributed by atoms with van der Waals surface area (Å²) >= 11 is 3.43. The summed E-state index contributed by atoms with van der Waals surface area (Å²) in [6, 6.07) is 20.5. The standard InChI is InChI=1S/C23H17BrFNO2/c1-14-2-4-15(5-3-14)20-21(16-6-8-17(24)9-7-16)26(23(28)22(20)27)19-12-10-18(25)11-13-19/h2-13,21,27H,1H3/t21-/m0/s1. The maximum Gasteiger partial charge on any atom is 0.294 e. The first kappa shape index (κ1) is 18.4. The van der Waals surface area contributed by atoms with Crippen LogP contribution in [0.3, 0.4) is 0 Å². The highest BCUT2D eigenvalue weighted by Gasteiger charge is 2.41. The molecule has 0 saturated heterocycles. The second-order valence-electron chi connectivity index (χ2n) is 6.73. The molecule has 0 fully saturated rings. The van der Waals surface area contributed by atoms with Crippen molar-refractivity contribution in [3.63, 3.8) is 0 Å². The third-order valence-electron chi connectivity index (χ3n) is 4.86. The molecule has 28 heavy (non-hydrogen) atoms. The number of hydrogen-bond acceptors (Lipinski definition) is 2. The number of aliphatic hydroxyl groups is 1. The molecule has 1 aliphatic rings. The molecular weight excluding hydrogens is 421 g/mol. The Morgan fingerprint density at radius 1 is 0.929 bits per heavy atom. The molecule has 0 bridgehead atoms. The molecule has 1 heterocycles. The molecule has 3 aromatic carbocycles. The topological polar surface area (TPSA) is 40.5 Å². The Labute approximate surface area is 170 Å². The number of nitrogens with zero attached hydrogens (tertiary/aromatic N) is 1. The average Bonchev–Trinajstić information content (AvgIpc) is 2.95. The summed E-state index contributed by atoms with van der Waals surface area (Å²) in [7, 11) is 0. The van der Waals surface area contributed by atoms with Crippen molar-refractivity contribution in [2.45, 2.75) is 13.0 Å². The average molecular weight is 438 g/mol. The molecular formula is C23H17BrFNO2. The number of carbonyl (C=O) groups excluding carboxylic acids is 1. The molecule has 140 valence electrons. The van der Waals surface area contributed by atoms with Crippen LogP contribution in [0.5, 0.6) is 0 Å². The van der Waals surface area contributed by atoms with Gasteiger partial charge in [-0.25, -0.2) is 4.39 Å². The van der Waals surface area contributed by atoms with Crippen molar-refractivity contribution in [1.29, 1.82) is 0 Å². The van der Waals surface area contributed by atoms with E-state index >= 15 is 0 Å². The fourth-order valence-corrected chi connectivity index (χ4v) is 3.73. The highest BCUT2D eigenvalue weighted by Crippen LogP contribution is 2.45. The van der Waals surface area contributed by atoms with Crippen molar-refractivity contribution in [2.24, 2.45) is 0 Å². The summed E-state index contributed by atoms with van der Waals surface area (Å²) < 4.78 is 14.3. The van der Waals surface area contributed by atoms with Crippen molar-refractivity contribution in [1.82, 2.24) is 0 Å². The molecule has 5 heteroatoms. The van der Waals surface area contributed by atoms with E-state index in [9.17, 15) is 14.3 Å².